The number of ether oxygens (including phenoxy) is 2. The zero-order chi connectivity index (χ0) is 19.2. The monoisotopic (exact) mass is 368 g/mol. The largest absolute Gasteiger partial charge is 0.486 e. The van der Waals surface area contributed by atoms with Crippen molar-refractivity contribution in [3.05, 3.63) is 48.5 Å². The Labute approximate surface area is 159 Å². The highest BCUT2D eigenvalue weighted by Gasteiger charge is 2.20. The molecule has 2 aromatic carbocycles. The number of carbonyl (C=O) groups is 2. The third-order valence-electron chi connectivity index (χ3n) is 4.45. The molecule has 2 aromatic rings. The fraction of sp³-hybridized carbons (Fsp3) is 0.333. The molecule has 6 nitrogen and oxygen atoms in total. The molecule has 0 atom stereocenters. The Morgan fingerprint density at radius 1 is 0.926 bits per heavy atom. The molecular formula is C21H24N2O4. The Balaban J connectivity index is 1.71. The minimum absolute atomic E-state index is 0.0208. The van der Waals surface area contributed by atoms with Crippen molar-refractivity contribution < 1.29 is 19.1 Å². The van der Waals surface area contributed by atoms with E-state index in [0.29, 0.717) is 43.5 Å². The first kappa shape index (κ1) is 18.8. The van der Waals surface area contributed by atoms with Crippen molar-refractivity contribution in [1.82, 2.24) is 0 Å². The second kappa shape index (κ2) is 8.58. The van der Waals surface area contributed by atoms with Crippen molar-refractivity contribution in [2.24, 2.45) is 0 Å². The zero-order valence-electron chi connectivity index (χ0n) is 15.7. The Bertz CT molecular complexity index is 807. The van der Waals surface area contributed by atoms with E-state index in [0.717, 1.165) is 5.69 Å². The van der Waals surface area contributed by atoms with Gasteiger partial charge in [-0.15, -0.1) is 0 Å². The third kappa shape index (κ3) is 4.39. The van der Waals surface area contributed by atoms with Crippen LogP contribution in [-0.4, -0.2) is 38.1 Å². The van der Waals surface area contributed by atoms with Crippen molar-refractivity contribution in [1.29, 1.82) is 0 Å². The number of rotatable bonds is 6. The average Bonchev–Trinajstić information content (AvgIpc) is 2.69. The van der Waals surface area contributed by atoms with Crippen LogP contribution in [0, 0.1) is 0 Å². The fourth-order valence-electron chi connectivity index (χ4n) is 3.12. The van der Waals surface area contributed by atoms with Crippen LogP contribution in [0.1, 0.15) is 20.3 Å². The van der Waals surface area contributed by atoms with Gasteiger partial charge in [-0.2, -0.15) is 0 Å². The molecule has 1 aliphatic rings. The van der Waals surface area contributed by atoms with Crippen LogP contribution in [0.15, 0.2) is 48.5 Å². The van der Waals surface area contributed by atoms with Crippen molar-refractivity contribution >= 4 is 23.2 Å². The molecule has 6 heteroatoms. The van der Waals surface area contributed by atoms with Gasteiger partial charge in [-0.05, 0) is 31.2 Å². The molecule has 1 heterocycles. The van der Waals surface area contributed by atoms with E-state index in [1.54, 1.807) is 21.9 Å². The highest BCUT2D eigenvalue weighted by molar-refractivity contribution is 5.96. The number of fused-ring (bicyclic) bond motifs is 1. The van der Waals surface area contributed by atoms with Crippen molar-refractivity contribution in [3.8, 4) is 11.5 Å². The van der Waals surface area contributed by atoms with E-state index < -0.39 is 0 Å². The second-order valence-electron chi connectivity index (χ2n) is 6.22. The SMILES string of the molecule is CCN(C(=O)CCN(C(C)=O)c1ccc2c(c1)OCCO2)c1ccccc1. The molecule has 3 rings (SSSR count). The minimum atomic E-state index is -0.123. The van der Waals surface area contributed by atoms with Crippen LogP contribution >= 0.6 is 0 Å². The molecule has 0 fully saturated rings. The van der Waals surface area contributed by atoms with Crippen LogP contribution in [0.4, 0.5) is 11.4 Å². The maximum atomic E-state index is 12.7. The molecule has 0 spiro atoms. The lowest BCUT2D eigenvalue weighted by atomic mass is 10.2. The van der Waals surface area contributed by atoms with Crippen LogP contribution < -0.4 is 19.3 Å². The lowest BCUT2D eigenvalue weighted by Gasteiger charge is -2.26. The summed E-state index contributed by atoms with van der Waals surface area (Å²) < 4.78 is 11.1. The Morgan fingerprint density at radius 3 is 2.30 bits per heavy atom. The van der Waals surface area contributed by atoms with E-state index >= 15 is 0 Å². The standard InChI is InChI=1S/C21H24N2O4/c1-3-22(17-7-5-4-6-8-17)21(25)11-12-23(16(2)24)18-9-10-19-20(15-18)27-14-13-26-19/h4-10,15H,3,11-14H2,1-2H3. The first-order valence-corrected chi connectivity index (χ1v) is 9.13. The number of amides is 2. The van der Waals surface area contributed by atoms with Crippen LogP contribution in [0.5, 0.6) is 11.5 Å². The van der Waals surface area contributed by atoms with Crippen molar-refractivity contribution in [3.63, 3.8) is 0 Å². The summed E-state index contributed by atoms with van der Waals surface area (Å²) in [6, 6.07) is 14.9. The average molecular weight is 368 g/mol. The predicted octanol–water partition coefficient (Wildman–Crippen LogP) is 3.25. The second-order valence-corrected chi connectivity index (χ2v) is 6.22. The summed E-state index contributed by atoms with van der Waals surface area (Å²) in [7, 11) is 0. The molecule has 0 unspecified atom stereocenters. The molecule has 0 bridgehead atoms. The predicted molar refractivity (Wildman–Crippen MR) is 105 cm³/mol. The number of para-hydroxylation sites is 1. The molecule has 0 aliphatic carbocycles. The van der Waals surface area contributed by atoms with Gasteiger partial charge >= 0.3 is 0 Å². The quantitative estimate of drug-likeness (QED) is 0.785. The third-order valence-corrected chi connectivity index (χ3v) is 4.45. The van der Waals surface area contributed by atoms with Gasteiger partial charge in [-0.3, -0.25) is 9.59 Å². The summed E-state index contributed by atoms with van der Waals surface area (Å²) in [4.78, 5) is 28.2. The summed E-state index contributed by atoms with van der Waals surface area (Å²) in [6.45, 7) is 5.32. The number of hydrogen-bond donors (Lipinski definition) is 0. The van der Waals surface area contributed by atoms with Crippen LogP contribution in [0.2, 0.25) is 0 Å². The highest BCUT2D eigenvalue weighted by atomic mass is 16.6. The fourth-order valence-corrected chi connectivity index (χ4v) is 3.12. The van der Waals surface area contributed by atoms with E-state index in [2.05, 4.69) is 0 Å². The normalized spacial score (nSPS) is 12.4. The van der Waals surface area contributed by atoms with Crippen LogP contribution in [0.3, 0.4) is 0 Å². The van der Waals surface area contributed by atoms with E-state index in [-0.39, 0.29) is 18.2 Å². The summed E-state index contributed by atoms with van der Waals surface area (Å²) in [5.41, 5.74) is 1.56. The Morgan fingerprint density at radius 2 is 1.63 bits per heavy atom. The van der Waals surface area contributed by atoms with Gasteiger partial charge in [0, 0.05) is 43.9 Å². The lowest BCUT2D eigenvalue weighted by molar-refractivity contribution is -0.118. The first-order chi connectivity index (χ1) is 13.1. The maximum absolute atomic E-state index is 12.7. The van der Waals surface area contributed by atoms with Crippen molar-refractivity contribution in [2.45, 2.75) is 20.3 Å². The van der Waals surface area contributed by atoms with Gasteiger partial charge in [-0.25, -0.2) is 0 Å². The zero-order valence-corrected chi connectivity index (χ0v) is 15.7. The smallest absolute Gasteiger partial charge is 0.228 e. The summed E-state index contributed by atoms with van der Waals surface area (Å²) in [6.07, 6.45) is 0.233. The number of nitrogens with zero attached hydrogens (tertiary/aromatic N) is 2. The van der Waals surface area contributed by atoms with E-state index in [9.17, 15) is 9.59 Å². The van der Waals surface area contributed by atoms with Gasteiger partial charge < -0.3 is 19.3 Å². The molecule has 1 aliphatic heterocycles. The molecular weight excluding hydrogens is 344 g/mol. The topological polar surface area (TPSA) is 59.1 Å². The molecule has 0 aromatic heterocycles. The van der Waals surface area contributed by atoms with Gasteiger partial charge in [0.1, 0.15) is 13.2 Å². The molecule has 0 saturated carbocycles. The number of carbonyl (C=O) groups excluding carboxylic acids is 2. The number of hydrogen-bond acceptors (Lipinski definition) is 4. The Hall–Kier alpha value is -3.02. The maximum Gasteiger partial charge on any atom is 0.228 e. The summed E-state index contributed by atoms with van der Waals surface area (Å²) in [5.74, 6) is 1.15. The lowest BCUT2D eigenvalue weighted by Crippen LogP contribution is -2.36. The van der Waals surface area contributed by atoms with E-state index in [1.807, 2.05) is 43.3 Å². The molecule has 27 heavy (non-hydrogen) atoms. The number of benzene rings is 2. The highest BCUT2D eigenvalue weighted by Crippen LogP contribution is 2.34. The van der Waals surface area contributed by atoms with Gasteiger partial charge in [0.15, 0.2) is 11.5 Å². The van der Waals surface area contributed by atoms with Gasteiger partial charge in [-0.1, -0.05) is 18.2 Å². The van der Waals surface area contributed by atoms with Crippen LogP contribution in [0.25, 0.3) is 0 Å². The Kier molecular flexibility index (Phi) is 5.96. The summed E-state index contributed by atoms with van der Waals surface area (Å²) in [5, 5.41) is 0. The first-order valence-electron chi connectivity index (χ1n) is 9.13. The van der Waals surface area contributed by atoms with E-state index in [4.69, 9.17) is 9.47 Å². The molecule has 0 saturated heterocycles. The van der Waals surface area contributed by atoms with Gasteiger partial charge in [0.25, 0.3) is 0 Å². The van der Waals surface area contributed by atoms with Gasteiger partial charge in [0.05, 0.1) is 0 Å². The molecule has 0 radical (unpaired) electrons. The molecule has 142 valence electrons. The summed E-state index contributed by atoms with van der Waals surface area (Å²) >= 11 is 0. The number of anilines is 2. The molecule has 2 amide bonds. The minimum Gasteiger partial charge on any atom is -0.486 e. The van der Waals surface area contributed by atoms with E-state index in [1.165, 1.54) is 6.92 Å². The molecule has 0 N–H and O–H groups in total. The van der Waals surface area contributed by atoms with Crippen LogP contribution in [-0.2, 0) is 9.59 Å². The van der Waals surface area contributed by atoms with Gasteiger partial charge in [0.2, 0.25) is 11.8 Å². The van der Waals surface area contributed by atoms with Crippen molar-refractivity contribution in [2.75, 3.05) is 36.1 Å².